The number of rotatable bonds is 5. The third kappa shape index (κ3) is 3.43. The first-order valence-electron chi connectivity index (χ1n) is 7.31. The summed E-state index contributed by atoms with van der Waals surface area (Å²) in [6.45, 7) is 4.99. The number of hydrogen-bond donors (Lipinski definition) is 1. The van der Waals surface area contributed by atoms with Gasteiger partial charge in [0.05, 0.1) is 10.6 Å². The molecule has 2 fully saturated rings. The van der Waals surface area contributed by atoms with Gasteiger partial charge in [0.2, 0.25) is 0 Å². The SMILES string of the molecule is CCCN(CC(N)=S)C1CCOC2(CCCC2)C1. The Kier molecular flexibility index (Phi) is 4.98. The maximum absolute atomic E-state index is 6.10. The van der Waals surface area contributed by atoms with E-state index < -0.39 is 0 Å². The van der Waals surface area contributed by atoms with Gasteiger partial charge < -0.3 is 10.5 Å². The summed E-state index contributed by atoms with van der Waals surface area (Å²) in [6, 6.07) is 0.610. The second-order valence-electron chi connectivity index (χ2n) is 5.82. The molecule has 1 heterocycles. The van der Waals surface area contributed by atoms with Crippen molar-refractivity contribution >= 4 is 17.2 Å². The second kappa shape index (κ2) is 6.31. The van der Waals surface area contributed by atoms with Crippen molar-refractivity contribution in [2.75, 3.05) is 19.7 Å². The summed E-state index contributed by atoms with van der Waals surface area (Å²) in [5, 5.41) is 0. The van der Waals surface area contributed by atoms with Crippen molar-refractivity contribution < 1.29 is 4.74 Å². The van der Waals surface area contributed by atoms with Crippen LogP contribution in [0.3, 0.4) is 0 Å². The third-order valence-electron chi connectivity index (χ3n) is 4.37. The van der Waals surface area contributed by atoms with E-state index in [2.05, 4.69) is 11.8 Å². The molecule has 1 spiro atoms. The molecule has 2 N–H and O–H groups in total. The van der Waals surface area contributed by atoms with Gasteiger partial charge >= 0.3 is 0 Å². The lowest BCUT2D eigenvalue weighted by molar-refractivity contribution is -0.0999. The summed E-state index contributed by atoms with van der Waals surface area (Å²) in [7, 11) is 0. The second-order valence-corrected chi connectivity index (χ2v) is 6.35. The molecule has 0 aromatic heterocycles. The molecule has 0 aromatic carbocycles. The summed E-state index contributed by atoms with van der Waals surface area (Å²) in [5.74, 6) is 0. The smallest absolute Gasteiger partial charge is 0.0870 e. The van der Waals surface area contributed by atoms with Crippen LogP contribution in [0.2, 0.25) is 0 Å². The first-order chi connectivity index (χ1) is 8.65. The van der Waals surface area contributed by atoms with Crippen LogP contribution in [0.5, 0.6) is 0 Å². The van der Waals surface area contributed by atoms with Crippen LogP contribution in [0.4, 0.5) is 0 Å². The predicted molar refractivity (Wildman–Crippen MR) is 78.8 cm³/mol. The Hall–Kier alpha value is -0.190. The molecule has 2 rings (SSSR count). The van der Waals surface area contributed by atoms with Gasteiger partial charge in [0, 0.05) is 19.2 Å². The van der Waals surface area contributed by atoms with Gasteiger partial charge in [0.25, 0.3) is 0 Å². The fraction of sp³-hybridized carbons (Fsp3) is 0.929. The van der Waals surface area contributed by atoms with Crippen LogP contribution in [-0.2, 0) is 4.74 Å². The highest BCUT2D eigenvalue weighted by atomic mass is 32.1. The van der Waals surface area contributed by atoms with Crippen molar-refractivity contribution in [2.45, 2.75) is 63.5 Å². The van der Waals surface area contributed by atoms with Crippen molar-refractivity contribution in [1.29, 1.82) is 0 Å². The van der Waals surface area contributed by atoms with E-state index in [0.717, 1.165) is 32.5 Å². The Morgan fingerprint density at radius 3 is 2.78 bits per heavy atom. The van der Waals surface area contributed by atoms with Crippen LogP contribution in [0.1, 0.15) is 51.9 Å². The highest BCUT2D eigenvalue weighted by molar-refractivity contribution is 7.80. The molecule has 0 radical (unpaired) electrons. The van der Waals surface area contributed by atoms with Crippen LogP contribution in [0.15, 0.2) is 0 Å². The van der Waals surface area contributed by atoms with E-state index in [-0.39, 0.29) is 5.60 Å². The third-order valence-corrected chi connectivity index (χ3v) is 4.50. The number of thiocarbonyl (C=S) groups is 1. The minimum Gasteiger partial charge on any atom is -0.392 e. The lowest BCUT2D eigenvalue weighted by Crippen LogP contribution is -2.49. The topological polar surface area (TPSA) is 38.5 Å². The van der Waals surface area contributed by atoms with Gasteiger partial charge in [-0.3, -0.25) is 4.90 Å². The van der Waals surface area contributed by atoms with Crippen molar-refractivity contribution in [2.24, 2.45) is 5.73 Å². The van der Waals surface area contributed by atoms with Crippen LogP contribution in [0, 0.1) is 0 Å². The zero-order valence-corrected chi connectivity index (χ0v) is 12.3. The molecule has 1 unspecified atom stereocenters. The van der Waals surface area contributed by atoms with Gasteiger partial charge in [-0.2, -0.15) is 0 Å². The highest BCUT2D eigenvalue weighted by Crippen LogP contribution is 2.41. The molecule has 1 atom stereocenters. The molecule has 0 bridgehead atoms. The van der Waals surface area contributed by atoms with Crippen molar-refractivity contribution in [3.05, 3.63) is 0 Å². The van der Waals surface area contributed by atoms with Crippen molar-refractivity contribution in [3.8, 4) is 0 Å². The number of nitrogens with two attached hydrogens (primary N) is 1. The van der Waals surface area contributed by atoms with Crippen LogP contribution in [-0.4, -0.2) is 41.2 Å². The molecule has 4 heteroatoms. The summed E-state index contributed by atoms with van der Waals surface area (Å²) in [4.78, 5) is 3.10. The average molecular weight is 270 g/mol. The van der Waals surface area contributed by atoms with Crippen LogP contribution < -0.4 is 5.73 Å². The Balaban J connectivity index is 1.98. The number of nitrogens with zero attached hydrogens (tertiary/aromatic N) is 1. The van der Waals surface area contributed by atoms with E-state index >= 15 is 0 Å². The molecule has 0 aromatic rings. The van der Waals surface area contributed by atoms with Gasteiger partial charge in [0.1, 0.15) is 0 Å². The molecular weight excluding hydrogens is 244 g/mol. The van der Waals surface area contributed by atoms with Gasteiger partial charge in [-0.1, -0.05) is 32.0 Å². The number of ether oxygens (including phenoxy) is 1. The minimum atomic E-state index is 0.186. The maximum atomic E-state index is 6.10. The zero-order valence-electron chi connectivity index (χ0n) is 11.5. The molecular formula is C14H26N2OS. The van der Waals surface area contributed by atoms with E-state index in [1.165, 1.54) is 32.1 Å². The lowest BCUT2D eigenvalue weighted by Gasteiger charge is -2.43. The first-order valence-corrected chi connectivity index (χ1v) is 7.72. The Morgan fingerprint density at radius 2 is 2.17 bits per heavy atom. The largest absolute Gasteiger partial charge is 0.392 e. The monoisotopic (exact) mass is 270 g/mol. The summed E-state index contributed by atoms with van der Waals surface area (Å²) in [5.41, 5.74) is 5.92. The van der Waals surface area contributed by atoms with E-state index in [9.17, 15) is 0 Å². The lowest BCUT2D eigenvalue weighted by atomic mass is 9.88. The molecule has 0 amide bonds. The molecule has 18 heavy (non-hydrogen) atoms. The molecule has 3 nitrogen and oxygen atoms in total. The Labute approximate surface area is 116 Å². The quantitative estimate of drug-likeness (QED) is 0.779. The summed E-state index contributed by atoms with van der Waals surface area (Å²) >= 11 is 5.09. The molecule has 1 saturated carbocycles. The standard InChI is InChI=1S/C14H26N2OS/c1-2-8-16(11-13(15)18)12-5-9-17-14(10-12)6-3-4-7-14/h12H,2-11H2,1H3,(H2,15,18). The average Bonchev–Trinajstić information content (AvgIpc) is 2.76. The Morgan fingerprint density at radius 1 is 1.44 bits per heavy atom. The van der Waals surface area contributed by atoms with Gasteiger partial charge in [-0.25, -0.2) is 0 Å². The van der Waals surface area contributed by atoms with E-state index in [1.54, 1.807) is 0 Å². The fourth-order valence-electron chi connectivity index (χ4n) is 3.56. The van der Waals surface area contributed by atoms with E-state index in [4.69, 9.17) is 22.7 Å². The van der Waals surface area contributed by atoms with Crippen LogP contribution >= 0.6 is 12.2 Å². The van der Waals surface area contributed by atoms with Crippen LogP contribution in [0.25, 0.3) is 0 Å². The summed E-state index contributed by atoms with van der Waals surface area (Å²) in [6.07, 6.45) is 8.62. The number of hydrogen-bond acceptors (Lipinski definition) is 3. The summed E-state index contributed by atoms with van der Waals surface area (Å²) < 4.78 is 6.10. The van der Waals surface area contributed by atoms with Gasteiger partial charge in [-0.15, -0.1) is 0 Å². The highest BCUT2D eigenvalue weighted by Gasteiger charge is 2.41. The van der Waals surface area contributed by atoms with E-state index in [1.807, 2.05) is 0 Å². The molecule has 1 saturated heterocycles. The minimum absolute atomic E-state index is 0.186. The molecule has 1 aliphatic heterocycles. The molecule has 104 valence electrons. The van der Waals surface area contributed by atoms with Crippen molar-refractivity contribution in [3.63, 3.8) is 0 Å². The normalized spacial score (nSPS) is 26.9. The molecule has 2 aliphatic rings. The van der Waals surface area contributed by atoms with Gasteiger partial charge in [-0.05, 0) is 38.6 Å². The van der Waals surface area contributed by atoms with E-state index in [0.29, 0.717) is 11.0 Å². The van der Waals surface area contributed by atoms with Gasteiger partial charge in [0.15, 0.2) is 0 Å². The first kappa shape index (κ1) is 14.2. The maximum Gasteiger partial charge on any atom is 0.0870 e. The fourth-order valence-corrected chi connectivity index (χ4v) is 3.73. The van der Waals surface area contributed by atoms with Crippen molar-refractivity contribution in [1.82, 2.24) is 4.90 Å². The zero-order chi connectivity index (χ0) is 13.0. The predicted octanol–water partition coefficient (Wildman–Crippen LogP) is 2.48. The Bertz CT molecular complexity index is 290. The molecule has 1 aliphatic carbocycles.